The monoisotopic (exact) mass is 255 g/mol. The fourth-order valence-corrected chi connectivity index (χ4v) is 2.91. The van der Waals surface area contributed by atoms with Gasteiger partial charge in [-0.3, -0.25) is 0 Å². The van der Waals surface area contributed by atoms with E-state index in [0.29, 0.717) is 5.92 Å². The molecule has 0 saturated heterocycles. The predicted molar refractivity (Wildman–Crippen MR) is 80.4 cm³/mol. The van der Waals surface area contributed by atoms with Crippen LogP contribution in [0.4, 0.5) is 0 Å². The summed E-state index contributed by atoms with van der Waals surface area (Å²) in [6.45, 7) is 8.76. The molecule has 0 saturated carbocycles. The summed E-state index contributed by atoms with van der Waals surface area (Å²) < 4.78 is 0. The van der Waals surface area contributed by atoms with Crippen molar-refractivity contribution in [1.29, 1.82) is 0 Å². The van der Waals surface area contributed by atoms with E-state index in [0.717, 1.165) is 38.5 Å². The Morgan fingerprint density at radius 1 is 0.778 bits per heavy atom. The van der Waals surface area contributed by atoms with E-state index in [9.17, 15) is 5.11 Å². The lowest BCUT2D eigenvalue weighted by Crippen LogP contribution is -2.36. The van der Waals surface area contributed by atoms with Crippen LogP contribution in [-0.2, 0) is 5.11 Å². The highest BCUT2D eigenvalue weighted by Crippen LogP contribution is 2.35. The van der Waals surface area contributed by atoms with Crippen LogP contribution in [0.3, 0.4) is 0 Å². The molecular weight excluding hydrogens is 220 g/mol. The maximum Gasteiger partial charge on any atom is 0.106 e. The van der Waals surface area contributed by atoms with Gasteiger partial charge in [0.1, 0.15) is 5.60 Å². The highest BCUT2D eigenvalue weighted by molar-refractivity contribution is 4.85. The van der Waals surface area contributed by atoms with Gasteiger partial charge < -0.3 is 0 Å². The van der Waals surface area contributed by atoms with Crippen LogP contribution in [0.5, 0.6) is 0 Å². The molecule has 0 heterocycles. The average molecular weight is 255 g/mol. The third-order valence-electron chi connectivity index (χ3n) is 4.36. The lowest BCUT2D eigenvalue weighted by atomic mass is 9.76. The summed E-state index contributed by atoms with van der Waals surface area (Å²) in [7, 11) is 0. The molecule has 1 radical (unpaired) electrons. The normalized spacial score (nSPS) is 16.5. The molecule has 0 bridgehead atoms. The largest absolute Gasteiger partial charge is 0.229 e. The molecule has 0 aliphatic rings. The van der Waals surface area contributed by atoms with Crippen molar-refractivity contribution >= 4 is 0 Å². The fourth-order valence-electron chi connectivity index (χ4n) is 2.91. The van der Waals surface area contributed by atoms with Gasteiger partial charge in [0.25, 0.3) is 0 Å². The first-order valence-electron chi connectivity index (χ1n) is 8.34. The third kappa shape index (κ3) is 6.78. The molecule has 1 heteroatoms. The second kappa shape index (κ2) is 10.8. The minimum atomic E-state index is -0.640. The van der Waals surface area contributed by atoms with Gasteiger partial charge in [-0.25, -0.2) is 5.11 Å². The van der Waals surface area contributed by atoms with Crippen molar-refractivity contribution in [2.75, 3.05) is 0 Å². The SMILES string of the molecule is CCCCCC(CCCC)C([O])(CC)CCCC. The molecule has 1 nitrogen and oxygen atoms in total. The van der Waals surface area contributed by atoms with Gasteiger partial charge in [0, 0.05) is 0 Å². The second-order valence-electron chi connectivity index (χ2n) is 5.86. The number of rotatable bonds is 12. The Kier molecular flexibility index (Phi) is 10.8. The Hall–Kier alpha value is -0.0400. The summed E-state index contributed by atoms with van der Waals surface area (Å²) in [4.78, 5) is 0. The van der Waals surface area contributed by atoms with Crippen LogP contribution in [0.15, 0.2) is 0 Å². The molecule has 0 aliphatic heterocycles. The van der Waals surface area contributed by atoms with Gasteiger partial charge in [0.15, 0.2) is 0 Å². The molecule has 0 aliphatic carbocycles. The predicted octanol–water partition coefficient (Wildman–Crippen LogP) is 6.14. The van der Waals surface area contributed by atoms with Crippen molar-refractivity contribution in [3.05, 3.63) is 0 Å². The molecule has 2 unspecified atom stereocenters. The van der Waals surface area contributed by atoms with Gasteiger partial charge in [-0.2, -0.15) is 0 Å². The van der Waals surface area contributed by atoms with E-state index in [2.05, 4.69) is 27.7 Å². The maximum atomic E-state index is 13.0. The molecule has 0 spiro atoms. The van der Waals surface area contributed by atoms with Crippen LogP contribution in [0.25, 0.3) is 0 Å². The first kappa shape index (κ1) is 18.0. The molecular formula is C17H35O. The van der Waals surface area contributed by atoms with Gasteiger partial charge in [0.2, 0.25) is 0 Å². The van der Waals surface area contributed by atoms with Gasteiger partial charge >= 0.3 is 0 Å². The molecule has 0 N–H and O–H groups in total. The zero-order chi connectivity index (χ0) is 13.9. The Labute approximate surface area is 115 Å². The quantitative estimate of drug-likeness (QED) is 0.373. The summed E-state index contributed by atoms with van der Waals surface area (Å²) in [6.07, 6.45) is 12.5. The number of unbranched alkanes of at least 4 members (excludes halogenated alkanes) is 4. The molecule has 0 amide bonds. The lowest BCUT2D eigenvalue weighted by molar-refractivity contribution is -0.0948. The first-order chi connectivity index (χ1) is 8.64. The van der Waals surface area contributed by atoms with E-state index in [1.165, 1.54) is 32.1 Å². The molecule has 2 atom stereocenters. The van der Waals surface area contributed by atoms with E-state index < -0.39 is 5.60 Å². The van der Waals surface area contributed by atoms with Gasteiger partial charge in [-0.05, 0) is 31.6 Å². The van der Waals surface area contributed by atoms with E-state index in [-0.39, 0.29) is 0 Å². The summed E-state index contributed by atoms with van der Waals surface area (Å²) in [5.74, 6) is 0.417. The van der Waals surface area contributed by atoms with Crippen molar-refractivity contribution in [2.24, 2.45) is 5.92 Å². The minimum absolute atomic E-state index is 0.417. The Bertz CT molecular complexity index is 178. The highest BCUT2D eigenvalue weighted by atomic mass is 16.3. The lowest BCUT2D eigenvalue weighted by Gasteiger charge is -2.34. The molecule has 0 rings (SSSR count). The average Bonchev–Trinajstić information content (AvgIpc) is 2.40. The van der Waals surface area contributed by atoms with Gasteiger partial charge in [-0.15, -0.1) is 0 Å². The zero-order valence-electron chi connectivity index (χ0n) is 13.3. The zero-order valence-corrected chi connectivity index (χ0v) is 13.3. The molecule has 18 heavy (non-hydrogen) atoms. The smallest absolute Gasteiger partial charge is 0.106 e. The van der Waals surface area contributed by atoms with Crippen LogP contribution in [0.2, 0.25) is 0 Å². The molecule has 109 valence electrons. The van der Waals surface area contributed by atoms with Crippen LogP contribution in [-0.4, -0.2) is 5.60 Å². The topological polar surface area (TPSA) is 19.9 Å². The minimum Gasteiger partial charge on any atom is -0.229 e. The molecule has 0 fully saturated rings. The summed E-state index contributed by atoms with van der Waals surface area (Å²) in [5, 5.41) is 13.0. The third-order valence-corrected chi connectivity index (χ3v) is 4.36. The maximum absolute atomic E-state index is 13.0. The van der Waals surface area contributed by atoms with Crippen molar-refractivity contribution in [3.8, 4) is 0 Å². The van der Waals surface area contributed by atoms with Gasteiger partial charge in [-0.1, -0.05) is 72.6 Å². The Balaban J connectivity index is 4.43. The van der Waals surface area contributed by atoms with E-state index in [1.54, 1.807) is 0 Å². The van der Waals surface area contributed by atoms with E-state index >= 15 is 0 Å². The van der Waals surface area contributed by atoms with Crippen LogP contribution < -0.4 is 0 Å². The van der Waals surface area contributed by atoms with Crippen molar-refractivity contribution < 1.29 is 5.11 Å². The number of hydrogen-bond acceptors (Lipinski definition) is 0. The van der Waals surface area contributed by atoms with E-state index in [1.807, 2.05) is 0 Å². The fraction of sp³-hybridized carbons (Fsp3) is 1.00. The Morgan fingerprint density at radius 3 is 1.83 bits per heavy atom. The summed E-state index contributed by atoms with van der Waals surface area (Å²) in [6, 6.07) is 0. The number of hydrogen-bond donors (Lipinski definition) is 0. The van der Waals surface area contributed by atoms with Crippen molar-refractivity contribution in [1.82, 2.24) is 0 Å². The Morgan fingerprint density at radius 2 is 1.33 bits per heavy atom. The van der Waals surface area contributed by atoms with Crippen molar-refractivity contribution in [3.63, 3.8) is 0 Å². The van der Waals surface area contributed by atoms with Crippen LogP contribution in [0.1, 0.15) is 98.3 Å². The highest BCUT2D eigenvalue weighted by Gasteiger charge is 2.35. The first-order valence-corrected chi connectivity index (χ1v) is 8.34. The van der Waals surface area contributed by atoms with E-state index in [4.69, 9.17) is 0 Å². The second-order valence-corrected chi connectivity index (χ2v) is 5.86. The summed E-state index contributed by atoms with van der Waals surface area (Å²) in [5.41, 5.74) is -0.640. The summed E-state index contributed by atoms with van der Waals surface area (Å²) >= 11 is 0. The molecule has 0 aromatic heterocycles. The standard InChI is InChI=1S/C17H35O/c1-5-9-12-14-16(13-10-6-2)17(18,8-4)15-11-7-3/h16H,5-15H2,1-4H3. The van der Waals surface area contributed by atoms with Crippen LogP contribution in [0, 0.1) is 5.92 Å². The van der Waals surface area contributed by atoms with Gasteiger partial charge in [0.05, 0.1) is 0 Å². The van der Waals surface area contributed by atoms with Crippen LogP contribution >= 0.6 is 0 Å². The molecule has 0 aromatic rings. The van der Waals surface area contributed by atoms with Crippen molar-refractivity contribution in [2.45, 2.75) is 104 Å². The molecule has 0 aromatic carbocycles.